The van der Waals surface area contributed by atoms with Gasteiger partial charge in [-0.25, -0.2) is 9.78 Å². The minimum atomic E-state index is -1.03. The Balaban J connectivity index is 2.16. The molecule has 1 aliphatic rings. The zero-order chi connectivity index (χ0) is 14.7. The minimum Gasteiger partial charge on any atom is -0.478 e. The maximum atomic E-state index is 11.6. The maximum absolute atomic E-state index is 11.6. The van der Waals surface area contributed by atoms with Gasteiger partial charge >= 0.3 is 5.97 Å². The highest BCUT2D eigenvalue weighted by atomic mass is 35.5. The van der Waals surface area contributed by atoms with Gasteiger partial charge < -0.3 is 15.3 Å². The fourth-order valence-electron chi connectivity index (χ4n) is 2.39. The smallest absolute Gasteiger partial charge is 0.339 e. The Hall–Kier alpha value is -1.82. The van der Waals surface area contributed by atoms with Gasteiger partial charge in [-0.2, -0.15) is 0 Å². The third-order valence-electron chi connectivity index (χ3n) is 3.48. The number of hydrogen-bond acceptors (Lipinski definition) is 4. The number of rotatable bonds is 3. The molecule has 2 heterocycles. The predicted molar refractivity (Wildman–Crippen MR) is 75.2 cm³/mol. The Morgan fingerprint density at radius 2 is 2.05 bits per heavy atom. The fraction of sp³-hybridized carbons (Fsp3) is 0.462. The summed E-state index contributed by atoms with van der Waals surface area (Å²) in [4.78, 5) is 28.8. The number of aromatic carboxylic acids is 1. The third-order valence-corrected chi connectivity index (χ3v) is 3.69. The molecule has 0 aromatic carbocycles. The highest BCUT2D eigenvalue weighted by Gasteiger charge is 2.27. The number of carbonyl (C=O) groups is 2. The lowest BCUT2D eigenvalue weighted by Crippen LogP contribution is -2.40. The summed E-state index contributed by atoms with van der Waals surface area (Å²) in [5.41, 5.74) is 0.132. The molecule has 1 saturated heterocycles. The monoisotopic (exact) mass is 297 g/mol. The Morgan fingerprint density at radius 1 is 1.40 bits per heavy atom. The zero-order valence-electron chi connectivity index (χ0n) is 11.1. The molecule has 0 atom stereocenters. The van der Waals surface area contributed by atoms with Crippen LogP contribution in [0.3, 0.4) is 0 Å². The lowest BCUT2D eigenvalue weighted by molar-refractivity contribution is -0.125. The first kappa shape index (κ1) is 14.6. The number of piperidine rings is 1. The average molecular weight is 298 g/mol. The second-order valence-corrected chi connectivity index (χ2v) is 5.07. The van der Waals surface area contributed by atoms with Crippen LogP contribution in [0.25, 0.3) is 0 Å². The van der Waals surface area contributed by atoms with Crippen LogP contribution < -0.4 is 10.2 Å². The topological polar surface area (TPSA) is 82.5 Å². The SMILES string of the molecule is CNC(=O)C1CCN(c2nc(Cl)ccc2C(=O)O)CC1. The summed E-state index contributed by atoms with van der Waals surface area (Å²) in [6.07, 6.45) is 1.35. The number of halogens is 1. The number of carbonyl (C=O) groups excluding carboxylic acids is 1. The van der Waals surface area contributed by atoms with E-state index in [1.54, 1.807) is 7.05 Å². The van der Waals surface area contributed by atoms with E-state index in [-0.39, 0.29) is 22.5 Å². The molecular formula is C13H16ClN3O3. The van der Waals surface area contributed by atoms with E-state index < -0.39 is 5.97 Å². The number of amides is 1. The highest BCUT2D eigenvalue weighted by molar-refractivity contribution is 6.29. The summed E-state index contributed by atoms with van der Waals surface area (Å²) in [6.45, 7) is 1.18. The number of nitrogens with one attached hydrogen (secondary N) is 1. The summed E-state index contributed by atoms with van der Waals surface area (Å²) in [6, 6.07) is 2.92. The van der Waals surface area contributed by atoms with Crippen LogP contribution in [0.15, 0.2) is 12.1 Å². The quantitative estimate of drug-likeness (QED) is 0.824. The molecule has 1 fully saturated rings. The van der Waals surface area contributed by atoms with Gasteiger partial charge in [0, 0.05) is 26.1 Å². The molecule has 6 nitrogen and oxygen atoms in total. The van der Waals surface area contributed by atoms with Crippen LogP contribution >= 0.6 is 11.6 Å². The summed E-state index contributed by atoms with van der Waals surface area (Å²) in [5, 5.41) is 12.1. The van der Waals surface area contributed by atoms with E-state index in [0.717, 1.165) is 0 Å². The van der Waals surface area contributed by atoms with Crippen LogP contribution in [-0.4, -0.2) is 42.1 Å². The van der Waals surface area contributed by atoms with Crippen LogP contribution in [0.4, 0.5) is 5.82 Å². The van der Waals surface area contributed by atoms with Gasteiger partial charge in [0.2, 0.25) is 5.91 Å². The molecule has 0 radical (unpaired) electrons. The van der Waals surface area contributed by atoms with Gasteiger partial charge in [0.15, 0.2) is 0 Å². The van der Waals surface area contributed by atoms with Crippen molar-refractivity contribution in [2.75, 3.05) is 25.0 Å². The van der Waals surface area contributed by atoms with E-state index in [0.29, 0.717) is 31.7 Å². The molecule has 20 heavy (non-hydrogen) atoms. The minimum absolute atomic E-state index is 0.0243. The number of carboxylic acids is 1. The standard InChI is InChI=1S/C13H16ClN3O3/c1-15-12(18)8-4-6-17(7-5-8)11-9(13(19)20)2-3-10(14)16-11/h2-3,8H,4-7H2,1H3,(H,15,18)(H,19,20). The lowest BCUT2D eigenvalue weighted by atomic mass is 9.96. The van der Waals surface area contributed by atoms with Crippen molar-refractivity contribution in [2.24, 2.45) is 5.92 Å². The number of nitrogens with zero attached hydrogens (tertiary/aromatic N) is 2. The van der Waals surface area contributed by atoms with Crippen LogP contribution in [0.1, 0.15) is 23.2 Å². The Kier molecular flexibility index (Phi) is 4.44. The van der Waals surface area contributed by atoms with Gasteiger partial charge in [-0.3, -0.25) is 4.79 Å². The Bertz CT molecular complexity index is 528. The maximum Gasteiger partial charge on any atom is 0.339 e. The van der Waals surface area contributed by atoms with Gasteiger partial charge in [-0.1, -0.05) is 11.6 Å². The largest absolute Gasteiger partial charge is 0.478 e. The second-order valence-electron chi connectivity index (χ2n) is 4.69. The van der Waals surface area contributed by atoms with Crippen LogP contribution in [-0.2, 0) is 4.79 Å². The number of hydrogen-bond donors (Lipinski definition) is 2. The van der Waals surface area contributed by atoms with Crippen molar-refractivity contribution in [3.05, 3.63) is 22.8 Å². The molecule has 0 saturated carbocycles. The summed E-state index contributed by atoms with van der Waals surface area (Å²) in [7, 11) is 1.62. The number of pyridine rings is 1. The molecule has 108 valence electrons. The number of carboxylic acid groups (broad SMARTS) is 1. The molecule has 1 aromatic rings. The molecule has 0 spiro atoms. The zero-order valence-corrected chi connectivity index (χ0v) is 11.9. The molecule has 1 aromatic heterocycles. The normalized spacial score (nSPS) is 16.0. The number of aromatic nitrogens is 1. The van der Waals surface area contributed by atoms with Crippen molar-refractivity contribution in [2.45, 2.75) is 12.8 Å². The second kappa shape index (κ2) is 6.09. The molecule has 7 heteroatoms. The van der Waals surface area contributed by atoms with E-state index in [9.17, 15) is 14.7 Å². The first-order valence-corrected chi connectivity index (χ1v) is 6.77. The first-order chi connectivity index (χ1) is 9.52. The molecule has 2 rings (SSSR count). The predicted octanol–water partition coefficient (Wildman–Crippen LogP) is 1.40. The Labute approximate surface area is 121 Å². The van der Waals surface area contributed by atoms with Crippen LogP contribution in [0.2, 0.25) is 5.15 Å². The van der Waals surface area contributed by atoms with Gasteiger partial charge in [-0.05, 0) is 25.0 Å². The summed E-state index contributed by atoms with van der Waals surface area (Å²) < 4.78 is 0. The third kappa shape index (κ3) is 3.01. The molecule has 0 aliphatic carbocycles. The van der Waals surface area contributed by atoms with E-state index in [1.807, 2.05) is 4.90 Å². The number of anilines is 1. The van der Waals surface area contributed by atoms with Crippen molar-refractivity contribution in [1.29, 1.82) is 0 Å². The van der Waals surface area contributed by atoms with Crippen LogP contribution in [0.5, 0.6) is 0 Å². The Morgan fingerprint density at radius 3 is 2.60 bits per heavy atom. The summed E-state index contributed by atoms with van der Waals surface area (Å²) >= 11 is 5.85. The highest BCUT2D eigenvalue weighted by Crippen LogP contribution is 2.26. The molecule has 1 aliphatic heterocycles. The van der Waals surface area contributed by atoms with Crippen molar-refractivity contribution in [3.8, 4) is 0 Å². The van der Waals surface area contributed by atoms with Gasteiger partial charge in [0.1, 0.15) is 16.5 Å². The van der Waals surface area contributed by atoms with E-state index in [4.69, 9.17) is 11.6 Å². The lowest BCUT2D eigenvalue weighted by Gasteiger charge is -2.32. The fourth-order valence-corrected chi connectivity index (χ4v) is 2.53. The molecule has 2 N–H and O–H groups in total. The molecule has 0 bridgehead atoms. The van der Waals surface area contributed by atoms with Crippen molar-refractivity contribution in [1.82, 2.24) is 10.3 Å². The van der Waals surface area contributed by atoms with Crippen molar-refractivity contribution < 1.29 is 14.7 Å². The van der Waals surface area contributed by atoms with Crippen molar-refractivity contribution in [3.63, 3.8) is 0 Å². The van der Waals surface area contributed by atoms with Crippen LogP contribution in [0, 0.1) is 5.92 Å². The van der Waals surface area contributed by atoms with Gasteiger partial charge in [-0.15, -0.1) is 0 Å². The van der Waals surface area contributed by atoms with E-state index in [1.165, 1.54) is 12.1 Å². The average Bonchev–Trinajstić information content (AvgIpc) is 2.46. The van der Waals surface area contributed by atoms with Gasteiger partial charge in [0.25, 0.3) is 0 Å². The summed E-state index contributed by atoms with van der Waals surface area (Å²) in [5.74, 6) is -0.649. The molecular weight excluding hydrogens is 282 g/mol. The first-order valence-electron chi connectivity index (χ1n) is 6.39. The van der Waals surface area contributed by atoms with Crippen molar-refractivity contribution >= 4 is 29.3 Å². The van der Waals surface area contributed by atoms with E-state index >= 15 is 0 Å². The van der Waals surface area contributed by atoms with E-state index in [2.05, 4.69) is 10.3 Å². The van der Waals surface area contributed by atoms with Gasteiger partial charge in [0.05, 0.1) is 0 Å². The molecule has 1 amide bonds. The molecule has 0 unspecified atom stereocenters.